The maximum Gasteiger partial charge on any atom is 0.326 e. The zero-order valence-corrected chi connectivity index (χ0v) is 13.2. The number of nitrogens with one attached hydrogen (secondary N) is 2. The molecule has 0 bridgehead atoms. The number of aliphatic carboxylic acids is 3. The van der Waals surface area contributed by atoms with E-state index in [0.717, 1.165) is 0 Å². The molecule has 24 heavy (non-hydrogen) atoms. The number of hydrogen-bond donors (Lipinski definition) is 5. The summed E-state index contributed by atoms with van der Waals surface area (Å²) in [5.74, 6) is -4.23. The van der Waals surface area contributed by atoms with Crippen LogP contribution in [0.3, 0.4) is 0 Å². The summed E-state index contributed by atoms with van der Waals surface area (Å²) in [6, 6.07) is -3.69. The monoisotopic (exact) mass is 346 g/mol. The lowest BCUT2D eigenvalue weighted by molar-refractivity contribution is -0.142. The fraction of sp³-hybridized carbons (Fsp3) is 0.643. The van der Waals surface area contributed by atoms with Gasteiger partial charge in [0.1, 0.15) is 18.4 Å². The molecule has 3 atom stereocenters. The van der Waals surface area contributed by atoms with E-state index in [1.165, 1.54) is 0 Å². The van der Waals surface area contributed by atoms with Crippen LogP contribution in [0.4, 0.5) is 4.79 Å². The highest BCUT2D eigenvalue weighted by Gasteiger charge is 2.27. The van der Waals surface area contributed by atoms with Crippen molar-refractivity contribution in [1.29, 1.82) is 0 Å². The van der Waals surface area contributed by atoms with Crippen LogP contribution in [0.2, 0.25) is 0 Å². The molecule has 0 aliphatic heterocycles. The molecule has 10 nitrogen and oxygen atoms in total. The standard InChI is InChI=1S/C14H22N2O8/c1-2-8(7-11(18)19)6-10(13(22)23)16-14(24)15-9(12(20)21)4-3-5-17/h5,8-10H,2-4,6-7H2,1H3,(H,18,19)(H,20,21)(H,22,23)(H2,15,16,24). The number of amides is 2. The molecular formula is C14H22N2O8. The van der Waals surface area contributed by atoms with Crippen LogP contribution in [0.25, 0.3) is 0 Å². The summed E-state index contributed by atoms with van der Waals surface area (Å²) in [5.41, 5.74) is 0. The van der Waals surface area contributed by atoms with Gasteiger partial charge < -0.3 is 30.7 Å². The summed E-state index contributed by atoms with van der Waals surface area (Å²) in [6.45, 7) is 1.70. The van der Waals surface area contributed by atoms with Gasteiger partial charge in [0.05, 0.1) is 0 Å². The minimum Gasteiger partial charge on any atom is -0.481 e. The quantitative estimate of drug-likeness (QED) is 0.309. The molecule has 2 amide bonds. The number of carboxylic acid groups (broad SMARTS) is 3. The van der Waals surface area contributed by atoms with Crippen LogP contribution in [0.5, 0.6) is 0 Å². The molecule has 0 aromatic rings. The minimum atomic E-state index is -1.35. The average Bonchev–Trinajstić information content (AvgIpc) is 2.48. The Morgan fingerprint density at radius 1 is 1.00 bits per heavy atom. The van der Waals surface area contributed by atoms with Crippen molar-refractivity contribution in [3.63, 3.8) is 0 Å². The largest absolute Gasteiger partial charge is 0.481 e. The van der Waals surface area contributed by atoms with Crippen LogP contribution in [0.15, 0.2) is 0 Å². The van der Waals surface area contributed by atoms with Gasteiger partial charge in [0.15, 0.2) is 0 Å². The van der Waals surface area contributed by atoms with E-state index in [2.05, 4.69) is 10.6 Å². The Hall–Kier alpha value is -2.65. The molecule has 0 heterocycles. The molecule has 10 heteroatoms. The van der Waals surface area contributed by atoms with Gasteiger partial charge in [-0.1, -0.05) is 13.3 Å². The Balaban J connectivity index is 4.76. The number of hydrogen-bond acceptors (Lipinski definition) is 5. The Morgan fingerprint density at radius 3 is 1.96 bits per heavy atom. The molecule has 0 saturated carbocycles. The Labute approximate surface area is 138 Å². The second-order valence-electron chi connectivity index (χ2n) is 5.25. The predicted molar refractivity (Wildman–Crippen MR) is 80.5 cm³/mol. The fourth-order valence-electron chi connectivity index (χ4n) is 2.05. The first-order valence-electron chi connectivity index (χ1n) is 7.39. The number of carbonyl (C=O) groups is 5. The van der Waals surface area contributed by atoms with Gasteiger partial charge >= 0.3 is 23.9 Å². The zero-order chi connectivity index (χ0) is 18.7. The van der Waals surface area contributed by atoms with Gasteiger partial charge in [0.25, 0.3) is 0 Å². The summed E-state index contributed by atoms with van der Waals surface area (Å²) < 4.78 is 0. The van der Waals surface area contributed by atoms with E-state index in [4.69, 9.17) is 15.3 Å². The van der Waals surface area contributed by atoms with Crippen molar-refractivity contribution >= 4 is 30.2 Å². The number of carbonyl (C=O) groups excluding carboxylic acids is 2. The SMILES string of the molecule is CCC(CC(=O)O)CC(NC(=O)NC(CCC=O)C(=O)O)C(=O)O. The van der Waals surface area contributed by atoms with Gasteiger partial charge in [-0.25, -0.2) is 14.4 Å². The van der Waals surface area contributed by atoms with Crippen LogP contribution in [0, 0.1) is 5.92 Å². The van der Waals surface area contributed by atoms with Crippen LogP contribution >= 0.6 is 0 Å². The number of rotatable bonds is 12. The predicted octanol–water partition coefficient (Wildman–Crippen LogP) is 0.0621. The topological polar surface area (TPSA) is 170 Å². The molecule has 136 valence electrons. The van der Waals surface area contributed by atoms with Crippen molar-refractivity contribution in [1.82, 2.24) is 10.6 Å². The summed E-state index contributed by atoms with van der Waals surface area (Å²) in [7, 11) is 0. The van der Waals surface area contributed by atoms with E-state index in [9.17, 15) is 24.0 Å². The Bertz CT molecular complexity index is 479. The summed E-state index contributed by atoms with van der Waals surface area (Å²) in [4.78, 5) is 55.0. The van der Waals surface area contributed by atoms with Gasteiger partial charge in [-0.15, -0.1) is 0 Å². The summed E-state index contributed by atoms with van der Waals surface area (Å²) in [5, 5.41) is 31.0. The molecular weight excluding hydrogens is 324 g/mol. The van der Waals surface area contributed by atoms with E-state index in [1.54, 1.807) is 6.92 Å². The van der Waals surface area contributed by atoms with Gasteiger partial charge in [0.2, 0.25) is 0 Å². The molecule has 0 aromatic carbocycles. The minimum absolute atomic E-state index is 0.0733. The van der Waals surface area contributed by atoms with Crippen molar-refractivity contribution in [2.24, 2.45) is 5.92 Å². The molecule has 0 aromatic heterocycles. The third-order valence-electron chi connectivity index (χ3n) is 3.39. The van der Waals surface area contributed by atoms with Gasteiger partial charge in [-0.05, 0) is 18.8 Å². The van der Waals surface area contributed by atoms with E-state index in [1.807, 2.05) is 0 Å². The number of aldehydes is 1. The normalized spacial score (nSPS) is 14.0. The maximum absolute atomic E-state index is 11.8. The number of urea groups is 1. The lowest BCUT2D eigenvalue weighted by atomic mass is 9.94. The summed E-state index contributed by atoms with van der Waals surface area (Å²) in [6.07, 6.45) is 0.388. The van der Waals surface area contributed by atoms with Crippen molar-refractivity contribution in [3.8, 4) is 0 Å². The molecule has 5 N–H and O–H groups in total. The molecule has 0 saturated heterocycles. The van der Waals surface area contributed by atoms with Crippen LogP contribution in [-0.4, -0.2) is 57.6 Å². The second-order valence-corrected chi connectivity index (χ2v) is 5.25. The number of carboxylic acids is 3. The molecule has 0 aliphatic carbocycles. The van der Waals surface area contributed by atoms with Crippen molar-refractivity contribution in [2.45, 2.75) is 51.1 Å². The van der Waals surface area contributed by atoms with E-state index < -0.39 is 41.9 Å². The van der Waals surface area contributed by atoms with E-state index >= 15 is 0 Å². The van der Waals surface area contributed by atoms with Crippen molar-refractivity contribution in [2.75, 3.05) is 0 Å². The molecule has 3 unspecified atom stereocenters. The first-order valence-corrected chi connectivity index (χ1v) is 7.39. The highest BCUT2D eigenvalue weighted by Crippen LogP contribution is 2.16. The van der Waals surface area contributed by atoms with Crippen LogP contribution < -0.4 is 10.6 Å². The lowest BCUT2D eigenvalue weighted by Crippen LogP contribution is -2.51. The molecule has 0 fully saturated rings. The zero-order valence-electron chi connectivity index (χ0n) is 13.2. The third-order valence-corrected chi connectivity index (χ3v) is 3.39. The fourth-order valence-corrected chi connectivity index (χ4v) is 2.05. The molecule has 0 rings (SSSR count). The highest BCUT2D eigenvalue weighted by molar-refractivity contribution is 5.86. The van der Waals surface area contributed by atoms with Crippen molar-refractivity contribution in [3.05, 3.63) is 0 Å². The smallest absolute Gasteiger partial charge is 0.326 e. The summed E-state index contributed by atoms with van der Waals surface area (Å²) >= 11 is 0. The second kappa shape index (κ2) is 11.0. The van der Waals surface area contributed by atoms with Gasteiger partial charge in [-0.2, -0.15) is 0 Å². The van der Waals surface area contributed by atoms with E-state index in [-0.39, 0.29) is 25.7 Å². The lowest BCUT2D eigenvalue weighted by Gasteiger charge is -2.21. The highest BCUT2D eigenvalue weighted by atomic mass is 16.4. The van der Waals surface area contributed by atoms with Crippen LogP contribution in [0.1, 0.15) is 39.0 Å². The third kappa shape index (κ3) is 8.71. The van der Waals surface area contributed by atoms with Gasteiger partial charge in [-0.3, -0.25) is 4.79 Å². The molecule has 0 aliphatic rings. The maximum atomic E-state index is 11.8. The first-order chi connectivity index (χ1) is 11.2. The molecule has 0 spiro atoms. The van der Waals surface area contributed by atoms with Gasteiger partial charge in [0, 0.05) is 12.8 Å². The van der Waals surface area contributed by atoms with E-state index in [0.29, 0.717) is 12.7 Å². The van der Waals surface area contributed by atoms with Crippen LogP contribution in [-0.2, 0) is 19.2 Å². The van der Waals surface area contributed by atoms with Crippen molar-refractivity contribution < 1.29 is 39.3 Å². The average molecular weight is 346 g/mol. The first kappa shape index (κ1) is 21.4. The Morgan fingerprint density at radius 2 is 1.54 bits per heavy atom. The molecule has 0 radical (unpaired) electrons. The Kier molecular flexibility index (Phi) is 9.76.